The Hall–Kier alpha value is -1.39. The zero-order valence-electron chi connectivity index (χ0n) is 11.8. The third-order valence-electron chi connectivity index (χ3n) is 3.07. The van der Waals surface area contributed by atoms with Gasteiger partial charge in [-0.3, -0.25) is 0 Å². The van der Waals surface area contributed by atoms with Gasteiger partial charge in [-0.2, -0.15) is 4.31 Å². The molecule has 110 valence electrons. The fourth-order valence-corrected chi connectivity index (χ4v) is 3.15. The van der Waals surface area contributed by atoms with Crippen molar-refractivity contribution in [3.8, 4) is 11.8 Å². The standard InChI is InChI=1S/C14H19NO4S/c1-14(2,11-17)15(3)20(18,19)13-9-5-4-7-12(13)8-6-10-16/h4-5,7,9,16-17H,10-11H2,1-3H3. The van der Waals surface area contributed by atoms with Gasteiger partial charge in [-0.25, -0.2) is 8.42 Å². The van der Waals surface area contributed by atoms with E-state index in [4.69, 9.17) is 5.11 Å². The van der Waals surface area contributed by atoms with Crippen molar-refractivity contribution in [2.24, 2.45) is 0 Å². The topological polar surface area (TPSA) is 77.8 Å². The van der Waals surface area contributed by atoms with Crippen molar-refractivity contribution >= 4 is 10.0 Å². The SMILES string of the molecule is CN(C(C)(C)CO)S(=O)(=O)c1ccccc1C#CCO. The van der Waals surface area contributed by atoms with E-state index in [1.807, 2.05) is 0 Å². The summed E-state index contributed by atoms with van der Waals surface area (Å²) in [7, 11) is -2.36. The van der Waals surface area contributed by atoms with Crippen molar-refractivity contribution in [1.29, 1.82) is 0 Å². The second-order valence-corrected chi connectivity index (χ2v) is 6.84. The molecule has 0 unspecified atom stereocenters. The number of benzene rings is 1. The molecule has 0 bridgehead atoms. The van der Waals surface area contributed by atoms with Gasteiger partial charge < -0.3 is 10.2 Å². The van der Waals surface area contributed by atoms with E-state index in [9.17, 15) is 13.5 Å². The Morgan fingerprint density at radius 1 is 1.25 bits per heavy atom. The predicted molar refractivity (Wildman–Crippen MR) is 76.5 cm³/mol. The maximum atomic E-state index is 12.6. The fourth-order valence-electron chi connectivity index (χ4n) is 1.50. The zero-order chi connectivity index (χ0) is 15.4. The van der Waals surface area contributed by atoms with Gasteiger partial charge in [-0.15, -0.1) is 0 Å². The fraction of sp³-hybridized carbons (Fsp3) is 0.429. The molecule has 2 N–H and O–H groups in total. The Morgan fingerprint density at radius 2 is 1.85 bits per heavy atom. The van der Waals surface area contributed by atoms with Crippen molar-refractivity contribution in [2.75, 3.05) is 20.3 Å². The van der Waals surface area contributed by atoms with Crippen LogP contribution in [0.4, 0.5) is 0 Å². The molecule has 0 radical (unpaired) electrons. The summed E-state index contributed by atoms with van der Waals surface area (Å²) in [6, 6.07) is 6.32. The van der Waals surface area contributed by atoms with Crippen LogP contribution in [-0.2, 0) is 10.0 Å². The molecule has 20 heavy (non-hydrogen) atoms. The minimum atomic E-state index is -3.78. The van der Waals surface area contributed by atoms with E-state index in [1.165, 1.54) is 13.1 Å². The van der Waals surface area contributed by atoms with E-state index >= 15 is 0 Å². The summed E-state index contributed by atoms with van der Waals surface area (Å²) < 4.78 is 26.3. The summed E-state index contributed by atoms with van der Waals surface area (Å²) in [5.41, 5.74) is -0.599. The van der Waals surface area contributed by atoms with Crippen LogP contribution >= 0.6 is 0 Å². The molecular formula is C14H19NO4S. The minimum Gasteiger partial charge on any atom is -0.394 e. The number of nitrogens with zero attached hydrogens (tertiary/aromatic N) is 1. The van der Waals surface area contributed by atoms with E-state index in [0.717, 1.165) is 4.31 Å². The summed E-state index contributed by atoms with van der Waals surface area (Å²) in [4.78, 5) is 0.0602. The lowest BCUT2D eigenvalue weighted by molar-refractivity contribution is 0.138. The molecule has 0 aliphatic carbocycles. The average molecular weight is 297 g/mol. The summed E-state index contributed by atoms with van der Waals surface area (Å²) in [5, 5.41) is 18.0. The molecule has 0 amide bonds. The molecule has 0 aliphatic rings. The first-order valence-corrected chi connectivity index (χ1v) is 7.50. The lowest BCUT2D eigenvalue weighted by atomic mass is 10.1. The second-order valence-electron chi connectivity index (χ2n) is 4.90. The monoisotopic (exact) mass is 297 g/mol. The molecule has 6 heteroatoms. The normalized spacial score (nSPS) is 12.1. The number of sulfonamides is 1. The molecular weight excluding hydrogens is 278 g/mol. The molecule has 0 spiro atoms. The first-order valence-electron chi connectivity index (χ1n) is 6.06. The van der Waals surface area contributed by atoms with Gasteiger partial charge in [0, 0.05) is 12.6 Å². The van der Waals surface area contributed by atoms with Crippen molar-refractivity contribution in [3.63, 3.8) is 0 Å². The molecule has 1 aromatic rings. The molecule has 0 saturated carbocycles. The van der Waals surface area contributed by atoms with Crippen molar-refractivity contribution < 1.29 is 18.6 Å². The summed E-state index contributed by atoms with van der Waals surface area (Å²) in [6.07, 6.45) is 0. The van der Waals surface area contributed by atoms with Gasteiger partial charge in [0.05, 0.1) is 17.0 Å². The maximum Gasteiger partial charge on any atom is 0.244 e. The van der Waals surface area contributed by atoms with Crippen LogP contribution in [0, 0.1) is 11.8 Å². The molecule has 1 aromatic carbocycles. The third kappa shape index (κ3) is 3.38. The van der Waals surface area contributed by atoms with Crippen LogP contribution in [0.5, 0.6) is 0 Å². The summed E-state index contributed by atoms with van der Waals surface area (Å²) >= 11 is 0. The lowest BCUT2D eigenvalue weighted by Crippen LogP contribution is -2.47. The van der Waals surface area contributed by atoms with Gasteiger partial charge in [0.25, 0.3) is 0 Å². The van der Waals surface area contributed by atoms with Gasteiger partial charge in [-0.05, 0) is 26.0 Å². The molecule has 1 rings (SSSR count). The highest BCUT2D eigenvalue weighted by Crippen LogP contribution is 2.24. The van der Waals surface area contributed by atoms with E-state index in [-0.39, 0.29) is 18.1 Å². The van der Waals surface area contributed by atoms with E-state index < -0.39 is 15.6 Å². The number of rotatable bonds is 4. The molecule has 5 nitrogen and oxygen atoms in total. The zero-order valence-corrected chi connectivity index (χ0v) is 12.6. The van der Waals surface area contributed by atoms with Crippen LogP contribution in [0.2, 0.25) is 0 Å². The highest BCUT2D eigenvalue weighted by atomic mass is 32.2. The van der Waals surface area contributed by atoms with Crippen molar-refractivity contribution in [3.05, 3.63) is 29.8 Å². The smallest absolute Gasteiger partial charge is 0.244 e. The van der Waals surface area contributed by atoms with Gasteiger partial charge in [0.2, 0.25) is 10.0 Å². The van der Waals surface area contributed by atoms with Gasteiger partial charge >= 0.3 is 0 Å². The summed E-state index contributed by atoms with van der Waals surface area (Å²) in [6.45, 7) is 2.62. The van der Waals surface area contributed by atoms with E-state index in [2.05, 4.69) is 11.8 Å². The quantitative estimate of drug-likeness (QED) is 0.790. The maximum absolute atomic E-state index is 12.6. The van der Waals surface area contributed by atoms with Crippen molar-refractivity contribution in [2.45, 2.75) is 24.3 Å². The first-order chi connectivity index (χ1) is 9.27. The van der Waals surface area contributed by atoms with Crippen LogP contribution in [0.3, 0.4) is 0 Å². The largest absolute Gasteiger partial charge is 0.394 e. The Balaban J connectivity index is 3.37. The molecule has 0 fully saturated rings. The molecule has 0 atom stereocenters. The highest BCUT2D eigenvalue weighted by molar-refractivity contribution is 7.89. The third-order valence-corrected chi connectivity index (χ3v) is 5.19. The van der Waals surface area contributed by atoms with Gasteiger partial charge in [0.15, 0.2) is 0 Å². The summed E-state index contributed by atoms with van der Waals surface area (Å²) in [5.74, 6) is 5.07. The van der Waals surface area contributed by atoms with Crippen LogP contribution in [0.25, 0.3) is 0 Å². The predicted octanol–water partition coefficient (Wildman–Crippen LogP) is 0.422. The number of hydrogen-bond acceptors (Lipinski definition) is 4. The Morgan fingerprint density at radius 3 is 2.40 bits per heavy atom. The van der Waals surface area contributed by atoms with Crippen LogP contribution < -0.4 is 0 Å². The van der Waals surface area contributed by atoms with Crippen LogP contribution in [0.15, 0.2) is 29.2 Å². The second kappa shape index (κ2) is 6.37. The number of aliphatic hydroxyl groups excluding tert-OH is 2. The number of aliphatic hydroxyl groups is 2. The van der Waals surface area contributed by atoms with Gasteiger partial charge in [0.1, 0.15) is 6.61 Å². The Kier molecular flexibility index (Phi) is 5.31. The van der Waals surface area contributed by atoms with E-state index in [0.29, 0.717) is 5.56 Å². The Bertz CT molecular complexity index is 626. The highest BCUT2D eigenvalue weighted by Gasteiger charge is 2.34. The van der Waals surface area contributed by atoms with Crippen LogP contribution in [-0.4, -0.2) is 48.7 Å². The van der Waals surface area contributed by atoms with Gasteiger partial charge in [-0.1, -0.05) is 24.0 Å². The minimum absolute atomic E-state index is 0.0602. The first kappa shape index (κ1) is 16.7. The average Bonchev–Trinajstić information content (AvgIpc) is 2.44. The lowest BCUT2D eigenvalue weighted by Gasteiger charge is -2.33. The number of likely N-dealkylation sites (N-methyl/N-ethyl adjacent to an activating group) is 1. The molecule has 0 aromatic heterocycles. The molecule has 0 saturated heterocycles. The van der Waals surface area contributed by atoms with Crippen molar-refractivity contribution in [1.82, 2.24) is 4.31 Å². The molecule has 0 aliphatic heterocycles. The van der Waals surface area contributed by atoms with E-state index in [1.54, 1.807) is 32.0 Å². The van der Waals surface area contributed by atoms with Crippen LogP contribution in [0.1, 0.15) is 19.4 Å². The molecule has 0 heterocycles. The number of hydrogen-bond donors (Lipinski definition) is 2. The Labute approximate surface area is 119 Å².